The van der Waals surface area contributed by atoms with Crippen molar-refractivity contribution < 1.29 is 9.72 Å². The maximum absolute atomic E-state index is 10.6. The molecule has 0 fully saturated rings. The molecule has 1 rings (SSSR count). The molecule has 0 aliphatic carbocycles. The number of hydrogen-bond donors (Lipinski definition) is 5. The van der Waals surface area contributed by atoms with E-state index < -0.39 is 11.0 Å². The highest BCUT2D eigenvalue weighted by Gasteiger charge is 2.03. The lowest BCUT2D eigenvalue weighted by Crippen LogP contribution is -2.48. The Morgan fingerprint density at radius 3 is 2.44 bits per heavy atom. The molecule has 9 heteroatoms. The smallest absolute Gasteiger partial charge is 0.304 e. The van der Waals surface area contributed by atoms with Crippen molar-refractivity contribution in [1.82, 2.24) is 16.4 Å². The van der Waals surface area contributed by atoms with Gasteiger partial charge in [-0.25, -0.2) is 10.6 Å². The fraction of sp³-hybridized carbons (Fsp3) is 0. The zero-order chi connectivity index (χ0) is 12.0. The molecule has 0 radical (unpaired) electrons. The van der Waals surface area contributed by atoms with E-state index in [1.165, 1.54) is 24.3 Å². The first-order valence-electron chi connectivity index (χ1n) is 4.15. The van der Waals surface area contributed by atoms with Gasteiger partial charge in [0.15, 0.2) is 0 Å². The van der Waals surface area contributed by atoms with E-state index in [1.807, 2.05) is 5.43 Å². The van der Waals surface area contributed by atoms with Gasteiger partial charge in [-0.3, -0.25) is 21.0 Å². The third-order valence-corrected chi connectivity index (χ3v) is 1.59. The lowest BCUT2D eigenvalue weighted by atomic mass is 10.3. The fourth-order valence-electron chi connectivity index (χ4n) is 0.863. The molecule has 6 N–H and O–H groups in total. The number of nitro benzene ring substituents is 1. The monoisotopic (exact) mass is 226 g/mol. The maximum atomic E-state index is 10.6. The molecule has 0 saturated carbocycles. The molecule has 1 aromatic carbocycles. The molecule has 86 valence electrons. The Labute approximate surface area is 90.1 Å². The zero-order valence-corrected chi connectivity index (χ0v) is 8.06. The normalized spacial score (nSPS) is 9.31. The fourth-order valence-corrected chi connectivity index (χ4v) is 0.863. The lowest BCUT2D eigenvalue weighted by molar-refractivity contribution is -0.384. The minimum Gasteiger partial charge on any atom is -0.304 e. The van der Waals surface area contributed by atoms with Crippen LogP contribution < -0.4 is 27.7 Å². The summed E-state index contributed by atoms with van der Waals surface area (Å²) in [5.41, 5.74) is 9.43. The second-order valence-corrected chi connectivity index (χ2v) is 2.65. The molecule has 2 amide bonds. The van der Waals surface area contributed by atoms with E-state index in [9.17, 15) is 14.9 Å². The molecule has 0 saturated heterocycles. The van der Waals surface area contributed by atoms with Crippen molar-refractivity contribution in [2.24, 2.45) is 5.84 Å². The summed E-state index contributed by atoms with van der Waals surface area (Å²) in [6.07, 6.45) is 0. The van der Waals surface area contributed by atoms with Crippen LogP contribution in [0.25, 0.3) is 0 Å². The number of nitro groups is 1. The number of non-ortho nitro benzene ring substituents is 1. The third kappa shape index (κ3) is 3.40. The summed E-state index contributed by atoms with van der Waals surface area (Å²) in [6, 6.07) is 4.98. The lowest BCUT2D eigenvalue weighted by Gasteiger charge is -2.08. The first kappa shape index (κ1) is 11.7. The quantitative estimate of drug-likeness (QED) is 0.205. The molecule has 16 heavy (non-hydrogen) atoms. The van der Waals surface area contributed by atoms with Crippen molar-refractivity contribution in [1.29, 1.82) is 0 Å². The van der Waals surface area contributed by atoms with E-state index in [0.29, 0.717) is 5.69 Å². The first-order valence-corrected chi connectivity index (χ1v) is 4.15. The summed E-state index contributed by atoms with van der Waals surface area (Å²) in [4.78, 5) is 20.4. The number of amides is 2. The number of hydrogen-bond acceptors (Lipinski definition) is 6. The zero-order valence-electron chi connectivity index (χ0n) is 8.06. The van der Waals surface area contributed by atoms with Crippen molar-refractivity contribution in [2.75, 3.05) is 5.43 Å². The van der Waals surface area contributed by atoms with Crippen LogP contribution in [0.3, 0.4) is 0 Å². The van der Waals surface area contributed by atoms with Gasteiger partial charge in [0.05, 0.1) is 10.6 Å². The second-order valence-electron chi connectivity index (χ2n) is 2.65. The van der Waals surface area contributed by atoms with Crippen LogP contribution in [0.2, 0.25) is 0 Å². The summed E-state index contributed by atoms with van der Waals surface area (Å²) >= 11 is 0. The van der Waals surface area contributed by atoms with Crippen LogP contribution in [-0.4, -0.2) is 11.0 Å². The van der Waals surface area contributed by atoms with Gasteiger partial charge in [-0.15, -0.1) is 5.53 Å². The van der Waals surface area contributed by atoms with Gasteiger partial charge < -0.3 is 5.43 Å². The minimum atomic E-state index is -0.630. The average Bonchev–Trinajstić information content (AvgIpc) is 2.29. The predicted molar refractivity (Wildman–Crippen MR) is 55.7 cm³/mol. The molecule has 0 aromatic heterocycles. The number of nitrogens with zero attached hydrogens (tertiary/aromatic N) is 1. The highest BCUT2D eigenvalue weighted by Crippen LogP contribution is 2.14. The molecule has 0 aliphatic heterocycles. The molecular weight excluding hydrogens is 216 g/mol. The van der Waals surface area contributed by atoms with Crippen molar-refractivity contribution in [2.45, 2.75) is 0 Å². The van der Waals surface area contributed by atoms with Crippen molar-refractivity contribution in [3.8, 4) is 0 Å². The summed E-state index contributed by atoms with van der Waals surface area (Å²) in [7, 11) is 0. The number of hydrazine groups is 3. The predicted octanol–water partition coefficient (Wildman–Crippen LogP) is -0.401. The summed E-state index contributed by atoms with van der Waals surface area (Å²) in [5.74, 6) is 4.80. The molecule has 9 nitrogen and oxygen atoms in total. The van der Waals surface area contributed by atoms with Gasteiger partial charge in [0.1, 0.15) is 0 Å². The van der Waals surface area contributed by atoms with Gasteiger partial charge in [0, 0.05) is 12.1 Å². The van der Waals surface area contributed by atoms with Crippen LogP contribution in [0, 0.1) is 10.1 Å². The molecular formula is C7H10N6O3. The Balaban J connectivity index is 2.43. The first-order chi connectivity index (χ1) is 7.63. The van der Waals surface area contributed by atoms with Crippen LogP contribution in [0.5, 0.6) is 0 Å². The standard InChI is InChI=1S/C7H10N6O3/c8-9-7(14)11-12-10-5-1-3-6(4-2-5)13(15)16/h1-4,10,12H,8H2,(H2,9,11,14). The highest BCUT2D eigenvalue weighted by atomic mass is 16.6. The minimum absolute atomic E-state index is 0.0155. The van der Waals surface area contributed by atoms with E-state index >= 15 is 0 Å². The highest BCUT2D eigenvalue weighted by molar-refractivity contribution is 5.72. The van der Waals surface area contributed by atoms with Gasteiger partial charge in [0.25, 0.3) is 5.69 Å². The van der Waals surface area contributed by atoms with Crippen molar-refractivity contribution in [3.05, 3.63) is 34.4 Å². The summed E-state index contributed by atoms with van der Waals surface area (Å²) < 4.78 is 0. The van der Waals surface area contributed by atoms with E-state index in [2.05, 4.69) is 16.4 Å². The molecule has 0 aliphatic rings. The Hall–Kier alpha value is -2.39. The Bertz CT molecular complexity index is 378. The molecule has 1 aromatic rings. The molecule has 0 bridgehead atoms. The van der Waals surface area contributed by atoms with Crippen molar-refractivity contribution >= 4 is 17.4 Å². The van der Waals surface area contributed by atoms with Crippen LogP contribution in [0.15, 0.2) is 24.3 Å². The van der Waals surface area contributed by atoms with E-state index in [0.717, 1.165) is 0 Å². The van der Waals surface area contributed by atoms with Gasteiger partial charge in [-0.1, -0.05) is 0 Å². The van der Waals surface area contributed by atoms with E-state index in [1.54, 1.807) is 0 Å². The number of carbonyl (C=O) groups is 1. The number of nitrogens with two attached hydrogens (primary N) is 1. The number of rotatable bonds is 4. The SMILES string of the molecule is NNC(=O)NNNc1ccc([N+](=O)[O-])cc1. The Morgan fingerprint density at radius 1 is 1.31 bits per heavy atom. The number of carbonyl (C=O) groups excluding carboxylic acids is 1. The third-order valence-electron chi connectivity index (χ3n) is 1.59. The second kappa shape index (κ2) is 5.48. The molecule has 0 atom stereocenters. The van der Waals surface area contributed by atoms with Gasteiger partial charge in [-0.2, -0.15) is 0 Å². The molecule has 0 unspecified atom stereocenters. The van der Waals surface area contributed by atoms with Gasteiger partial charge in [-0.05, 0) is 12.1 Å². The van der Waals surface area contributed by atoms with Crippen LogP contribution in [0.4, 0.5) is 16.2 Å². The summed E-state index contributed by atoms with van der Waals surface area (Å²) in [5, 5.41) is 10.3. The van der Waals surface area contributed by atoms with Gasteiger partial charge in [0.2, 0.25) is 0 Å². The maximum Gasteiger partial charge on any atom is 0.344 e. The Morgan fingerprint density at radius 2 is 1.94 bits per heavy atom. The number of anilines is 1. The topological polar surface area (TPSA) is 134 Å². The van der Waals surface area contributed by atoms with E-state index in [-0.39, 0.29) is 5.69 Å². The van der Waals surface area contributed by atoms with Crippen molar-refractivity contribution in [3.63, 3.8) is 0 Å². The van der Waals surface area contributed by atoms with E-state index in [4.69, 9.17) is 5.84 Å². The number of nitrogens with one attached hydrogen (secondary N) is 4. The molecule has 0 spiro atoms. The summed E-state index contributed by atoms with van der Waals surface area (Å²) in [6.45, 7) is 0. The molecule has 0 heterocycles. The largest absolute Gasteiger partial charge is 0.344 e. The number of benzene rings is 1. The van der Waals surface area contributed by atoms with Crippen LogP contribution in [-0.2, 0) is 0 Å². The van der Waals surface area contributed by atoms with Crippen LogP contribution in [0.1, 0.15) is 0 Å². The van der Waals surface area contributed by atoms with Gasteiger partial charge >= 0.3 is 6.03 Å². The Kier molecular flexibility index (Phi) is 4.00. The average molecular weight is 226 g/mol. The number of urea groups is 1. The van der Waals surface area contributed by atoms with Crippen LogP contribution >= 0.6 is 0 Å².